The number of rotatable bonds is 5. The van der Waals surface area contributed by atoms with Crippen molar-refractivity contribution in [2.75, 3.05) is 32.1 Å². The number of hydrogen-bond acceptors (Lipinski definition) is 7. The van der Waals surface area contributed by atoms with Crippen LogP contribution in [0.3, 0.4) is 0 Å². The van der Waals surface area contributed by atoms with Crippen molar-refractivity contribution in [1.82, 2.24) is 19.9 Å². The molecule has 0 aliphatic carbocycles. The van der Waals surface area contributed by atoms with E-state index >= 15 is 0 Å². The van der Waals surface area contributed by atoms with Crippen LogP contribution in [0.1, 0.15) is 17.4 Å². The molecule has 3 rings (SSSR count). The number of amides is 1. The van der Waals surface area contributed by atoms with Gasteiger partial charge in [-0.05, 0) is 6.92 Å². The van der Waals surface area contributed by atoms with Crippen LogP contribution in [0, 0.1) is 6.92 Å². The normalized spacial score (nSPS) is 14.7. The zero-order valence-electron chi connectivity index (χ0n) is 12.4. The van der Waals surface area contributed by atoms with Gasteiger partial charge in [-0.1, -0.05) is 0 Å². The largest absolute Gasteiger partial charge is 0.375 e. The molecule has 1 amide bonds. The first kappa shape index (κ1) is 14.9. The topological polar surface area (TPSA) is 80.2 Å². The summed E-state index contributed by atoms with van der Waals surface area (Å²) in [6, 6.07) is 1.93. The Morgan fingerprint density at radius 3 is 3.00 bits per heavy atom. The van der Waals surface area contributed by atoms with Crippen molar-refractivity contribution in [2.24, 2.45) is 0 Å². The van der Waals surface area contributed by atoms with Gasteiger partial charge in [0.2, 0.25) is 5.91 Å². The molecule has 1 saturated heterocycles. The van der Waals surface area contributed by atoms with Gasteiger partial charge in [-0.2, -0.15) is 0 Å². The van der Waals surface area contributed by atoms with Gasteiger partial charge in [0.1, 0.15) is 18.2 Å². The zero-order valence-corrected chi connectivity index (χ0v) is 13.3. The summed E-state index contributed by atoms with van der Waals surface area (Å²) < 4.78 is 4.87. The number of hydrogen-bond donors (Lipinski definition) is 1. The first-order valence-electron chi connectivity index (χ1n) is 6.94. The summed E-state index contributed by atoms with van der Waals surface area (Å²) in [7, 11) is 1.53. The number of aromatic nitrogens is 3. The molecule has 0 atom stereocenters. The van der Waals surface area contributed by atoms with E-state index in [2.05, 4.69) is 20.3 Å². The molecule has 1 N–H and O–H groups in total. The summed E-state index contributed by atoms with van der Waals surface area (Å²) in [6.07, 6.45) is 1.74. The van der Waals surface area contributed by atoms with Crippen LogP contribution < -0.4 is 5.32 Å². The van der Waals surface area contributed by atoms with Crippen LogP contribution >= 0.6 is 11.3 Å². The number of ether oxygens (including phenoxy) is 1. The number of carbonyl (C=O) groups is 1. The minimum absolute atomic E-state index is 0.0191. The molecule has 0 unspecified atom stereocenters. The van der Waals surface area contributed by atoms with E-state index < -0.39 is 0 Å². The van der Waals surface area contributed by atoms with Crippen LogP contribution in [0.15, 0.2) is 17.6 Å². The molecule has 7 nitrogen and oxygen atoms in total. The summed E-state index contributed by atoms with van der Waals surface area (Å²) >= 11 is 1.52. The van der Waals surface area contributed by atoms with Gasteiger partial charge in [0, 0.05) is 43.8 Å². The van der Waals surface area contributed by atoms with Gasteiger partial charge in [-0.25, -0.2) is 15.0 Å². The summed E-state index contributed by atoms with van der Waals surface area (Å²) in [5.41, 5.74) is 0.952. The molecule has 0 saturated carbocycles. The highest BCUT2D eigenvalue weighted by Crippen LogP contribution is 2.28. The smallest absolute Gasteiger partial charge is 0.248 e. The highest BCUT2D eigenvalue weighted by Gasteiger charge is 2.32. The summed E-state index contributed by atoms with van der Waals surface area (Å²) in [5.74, 6) is 1.71. The van der Waals surface area contributed by atoms with Crippen molar-refractivity contribution in [1.29, 1.82) is 0 Å². The fourth-order valence-electron chi connectivity index (χ4n) is 2.34. The molecule has 1 aliphatic rings. The van der Waals surface area contributed by atoms with Crippen LogP contribution in [0.25, 0.3) is 0 Å². The third-order valence-electron chi connectivity index (χ3n) is 3.45. The van der Waals surface area contributed by atoms with Gasteiger partial charge in [0.25, 0.3) is 0 Å². The molecule has 8 heteroatoms. The molecule has 22 heavy (non-hydrogen) atoms. The van der Waals surface area contributed by atoms with Gasteiger partial charge >= 0.3 is 0 Å². The van der Waals surface area contributed by atoms with E-state index in [-0.39, 0.29) is 18.4 Å². The van der Waals surface area contributed by atoms with Gasteiger partial charge < -0.3 is 15.0 Å². The Morgan fingerprint density at radius 2 is 2.32 bits per heavy atom. The summed E-state index contributed by atoms with van der Waals surface area (Å²) in [5, 5.41) is 5.88. The maximum Gasteiger partial charge on any atom is 0.248 e. The van der Waals surface area contributed by atoms with E-state index in [1.807, 2.05) is 18.4 Å². The Balaban J connectivity index is 1.67. The maximum absolute atomic E-state index is 11.7. The van der Waals surface area contributed by atoms with Crippen molar-refractivity contribution in [2.45, 2.75) is 12.8 Å². The van der Waals surface area contributed by atoms with Crippen molar-refractivity contribution in [3.63, 3.8) is 0 Å². The van der Waals surface area contributed by atoms with E-state index in [4.69, 9.17) is 4.74 Å². The lowest BCUT2D eigenvalue weighted by molar-refractivity contribution is -0.139. The molecule has 0 bridgehead atoms. The molecule has 1 fully saturated rings. The molecule has 3 heterocycles. The van der Waals surface area contributed by atoms with Crippen molar-refractivity contribution >= 4 is 28.2 Å². The second-order valence-corrected chi connectivity index (χ2v) is 6.01. The van der Waals surface area contributed by atoms with E-state index in [0.717, 1.165) is 16.6 Å². The van der Waals surface area contributed by atoms with Gasteiger partial charge in [-0.15, -0.1) is 11.3 Å². The predicted molar refractivity (Wildman–Crippen MR) is 83.4 cm³/mol. The Hall–Kier alpha value is -2.06. The van der Waals surface area contributed by atoms with E-state index in [9.17, 15) is 4.79 Å². The number of aryl methyl sites for hydroxylation is 1. The molecular weight excluding hydrogens is 302 g/mol. The van der Waals surface area contributed by atoms with Crippen LogP contribution in [-0.2, 0) is 9.53 Å². The molecule has 2 aromatic rings. The van der Waals surface area contributed by atoms with Gasteiger partial charge in [-0.3, -0.25) is 4.79 Å². The van der Waals surface area contributed by atoms with Crippen molar-refractivity contribution in [3.05, 3.63) is 29.2 Å². The summed E-state index contributed by atoms with van der Waals surface area (Å²) in [6.45, 7) is 3.35. The number of methoxy groups -OCH3 is 1. The molecule has 116 valence electrons. The Morgan fingerprint density at radius 1 is 1.50 bits per heavy atom. The number of carbonyl (C=O) groups excluding carboxylic acids is 1. The quantitative estimate of drug-likeness (QED) is 0.901. The fraction of sp³-hybridized carbons (Fsp3) is 0.429. The monoisotopic (exact) mass is 319 g/mol. The fourth-order valence-corrected chi connectivity index (χ4v) is 2.88. The van der Waals surface area contributed by atoms with Gasteiger partial charge in [0.15, 0.2) is 5.13 Å². The Bertz CT molecular complexity index is 655. The number of anilines is 2. The molecule has 1 aliphatic heterocycles. The van der Waals surface area contributed by atoms with E-state index in [0.29, 0.717) is 18.9 Å². The standard InChI is InChI=1S/C14H17N5O2S/c1-9-16-11(10-6-19(7-10)13(20)8-21-2)5-12(17-9)18-14-15-3-4-22-14/h3-5,10H,6-8H2,1-2H3,(H,15,16,17,18). The Kier molecular flexibility index (Phi) is 4.30. The number of thiazole rings is 1. The molecular formula is C14H17N5O2S. The SMILES string of the molecule is COCC(=O)N1CC(c2cc(Nc3nccs3)nc(C)n2)C1. The third kappa shape index (κ3) is 3.23. The minimum Gasteiger partial charge on any atom is -0.375 e. The highest BCUT2D eigenvalue weighted by molar-refractivity contribution is 7.13. The average Bonchev–Trinajstić information content (AvgIpc) is 2.89. The van der Waals surface area contributed by atoms with Crippen molar-refractivity contribution < 1.29 is 9.53 Å². The van der Waals surface area contributed by atoms with Crippen LogP contribution in [0.5, 0.6) is 0 Å². The maximum atomic E-state index is 11.7. The first-order chi connectivity index (χ1) is 10.7. The lowest BCUT2D eigenvalue weighted by atomic mass is 9.96. The molecule has 0 spiro atoms. The Labute approximate surface area is 132 Å². The second-order valence-electron chi connectivity index (χ2n) is 5.12. The average molecular weight is 319 g/mol. The first-order valence-corrected chi connectivity index (χ1v) is 7.82. The zero-order chi connectivity index (χ0) is 15.5. The van der Waals surface area contributed by atoms with Crippen molar-refractivity contribution in [3.8, 4) is 0 Å². The number of likely N-dealkylation sites (tertiary alicyclic amines) is 1. The molecule has 0 aromatic carbocycles. The second kappa shape index (κ2) is 6.37. The van der Waals surface area contributed by atoms with E-state index in [1.165, 1.54) is 18.4 Å². The van der Waals surface area contributed by atoms with Crippen LogP contribution in [0.2, 0.25) is 0 Å². The van der Waals surface area contributed by atoms with Gasteiger partial charge in [0.05, 0.1) is 5.69 Å². The molecule has 2 aromatic heterocycles. The molecule has 0 radical (unpaired) electrons. The predicted octanol–water partition coefficient (Wildman–Crippen LogP) is 1.56. The minimum atomic E-state index is 0.0191. The van der Waals surface area contributed by atoms with E-state index in [1.54, 1.807) is 11.1 Å². The summed E-state index contributed by atoms with van der Waals surface area (Å²) in [4.78, 5) is 26.5. The number of nitrogens with one attached hydrogen (secondary N) is 1. The van der Waals surface area contributed by atoms with Crippen LogP contribution in [0.4, 0.5) is 10.9 Å². The third-order valence-corrected chi connectivity index (χ3v) is 4.13. The number of nitrogens with zero attached hydrogens (tertiary/aromatic N) is 4. The van der Waals surface area contributed by atoms with Crippen LogP contribution in [-0.4, -0.2) is 52.6 Å². The lowest BCUT2D eigenvalue weighted by Crippen LogP contribution is -2.50. The lowest BCUT2D eigenvalue weighted by Gasteiger charge is -2.38. The highest BCUT2D eigenvalue weighted by atomic mass is 32.1.